The SMILES string of the molecule is [CH2]C(CC(C)O)C(=O)O. The van der Waals surface area contributed by atoms with E-state index >= 15 is 0 Å². The number of rotatable bonds is 3. The van der Waals surface area contributed by atoms with E-state index in [0.29, 0.717) is 0 Å². The van der Waals surface area contributed by atoms with Crippen LogP contribution in [0.25, 0.3) is 0 Å². The molecule has 2 N–H and O–H groups in total. The van der Waals surface area contributed by atoms with Crippen molar-refractivity contribution in [1.29, 1.82) is 0 Å². The Balaban J connectivity index is 3.50. The molecule has 0 bridgehead atoms. The predicted molar refractivity (Wildman–Crippen MR) is 32.8 cm³/mol. The molecule has 0 rings (SSSR count). The largest absolute Gasteiger partial charge is 0.481 e. The average molecular weight is 131 g/mol. The summed E-state index contributed by atoms with van der Waals surface area (Å²) in [4.78, 5) is 10.1. The zero-order chi connectivity index (χ0) is 7.44. The van der Waals surface area contributed by atoms with Crippen molar-refractivity contribution in [2.45, 2.75) is 19.4 Å². The third-order valence-electron chi connectivity index (χ3n) is 0.975. The van der Waals surface area contributed by atoms with Gasteiger partial charge >= 0.3 is 5.97 Å². The lowest BCUT2D eigenvalue weighted by atomic mass is 10.1. The summed E-state index contributed by atoms with van der Waals surface area (Å²) in [5.41, 5.74) is 0. The number of hydrogen-bond acceptors (Lipinski definition) is 2. The van der Waals surface area contributed by atoms with E-state index in [-0.39, 0.29) is 6.42 Å². The minimum atomic E-state index is -0.962. The molecule has 0 spiro atoms. The first kappa shape index (κ1) is 8.43. The maximum atomic E-state index is 10.1. The molecule has 0 aliphatic rings. The van der Waals surface area contributed by atoms with Crippen LogP contribution in [0.5, 0.6) is 0 Å². The Morgan fingerprint density at radius 2 is 2.22 bits per heavy atom. The van der Waals surface area contributed by atoms with Crippen molar-refractivity contribution in [3.05, 3.63) is 6.92 Å². The van der Waals surface area contributed by atoms with Gasteiger partial charge in [0.15, 0.2) is 0 Å². The zero-order valence-electron chi connectivity index (χ0n) is 5.37. The molecule has 0 saturated carbocycles. The average Bonchev–Trinajstić information content (AvgIpc) is 1.63. The molecule has 3 heteroatoms. The standard InChI is InChI=1S/C6H11O3/c1-4(6(8)9)3-5(2)7/h4-5,7H,1,3H2,2H3,(H,8,9). The van der Waals surface area contributed by atoms with E-state index in [0.717, 1.165) is 0 Å². The highest BCUT2D eigenvalue weighted by atomic mass is 16.4. The van der Waals surface area contributed by atoms with Gasteiger partial charge in [-0.25, -0.2) is 0 Å². The summed E-state index contributed by atoms with van der Waals surface area (Å²) in [6.07, 6.45) is -0.362. The van der Waals surface area contributed by atoms with Crippen molar-refractivity contribution in [2.75, 3.05) is 0 Å². The van der Waals surface area contributed by atoms with Crippen LogP contribution in [0.4, 0.5) is 0 Å². The van der Waals surface area contributed by atoms with Crippen molar-refractivity contribution < 1.29 is 15.0 Å². The van der Waals surface area contributed by atoms with Crippen LogP contribution in [-0.2, 0) is 4.79 Å². The van der Waals surface area contributed by atoms with Gasteiger partial charge in [0.25, 0.3) is 0 Å². The molecule has 2 atom stereocenters. The summed E-state index contributed by atoms with van der Waals surface area (Å²) in [6, 6.07) is 0. The highest BCUT2D eigenvalue weighted by Crippen LogP contribution is 2.03. The summed E-state index contributed by atoms with van der Waals surface area (Å²) in [6.45, 7) is 4.86. The van der Waals surface area contributed by atoms with E-state index < -0.39 is 18.0 Å². The molecule has 0 aromatic heterocycles. The Morgan fingerprint density at radius 1 is 1.78 bits per heavy atom. The van der Waals surface area contributed by atoms with Gasteiger partial charge in [0.1, 0.15) is 0 Å². The number of aliphatic carboxylic acids is 1. The molecule has 3 nitrogen and oxygen atoms in total. The van der Waals surface area contributed by atoms with Gasteiger partial charge in [-0.3, -0.25) is 4.79 Å². The molecule has 0 aliphatic heterocycles. The van der Waals surface area contributed by atoms with Crippen LogP contribution in [-0.4, -0.2) is 22.3 Å². The lowest BCUT2D eigenvalue weighted by Gasteiger charge is -2.06. The number of carboxylic acid groups (broad SMARTS) is 1. The molecule has 1 radical (unpaired) electrons. The van der Waals surface area contributed by atoms with Crippen LogP contribution in [0, 0.1) is 12.8 Å². The van der Waals surface area contributed by atoms with Crippen molar-refractivity contribution in [3.63, 3.8) is 0 Å². The Bertz CT molecular complexity index is 98.5. The Hall–Kier alpha value is -0.570. The number of hydrogen-bond donors (Lipinski definition) is 2. The number of aliphatic hydroxyl groups excluding tert-OH is 1. The number of carboxylic acids is 1. The molecule has 0 aliphatic carbocycles. The van der Waals surface area contributed by atoms with Gasteiger partial charge in [0.2, 0.25) is 0 Å². The van der Waals surface area contributed by atoms with Crippen LogP contribution in [0.1, 0.15) is 13.3 Å². The van der Waals surface area contributed by atoms with Gasteiger partial charge in [0, 0.05) is 0 Å². The smallest absolute Gasteiger partial charge is 0.306 e. The molecule has 2 unspecified atom stereocenters. The molecule has 0 aromatic rings. The second-order valence-corrected chi connectivity index (χ2v) is 2.12. The van der Waals surface area contributed by atoms with E-state index in [1.54, 1.807) is 6.92 Å². The number of aliphatic hydroxyl groups is 1. The third kappa shape index (κ3) is 3.97. The predicted octanol–water partition coefficient (Wildman–Crippen LogP) is 0.292. The zero-order valence-corrected chi connectivity index (χ0v) is 5.37. The molecule has 0 aromatic carbocycles. The van der Waals surface area contributed by atoms with Crippen molar-refractivity contribution in [3.8, 4) is 0 Å². The third-order valence-corrected chi connectivity index (χ3v) is 0.975. The maximum Gasteiger partial charge on any atom is 0.306 e. The Morgan fingerprint density at radius 3 is 2.33 bits per heavy atom. The van der Waals surface area contributed by atoms with E-state index in [9.17, 15) is 4.79 Å². The first-order chi connectivity index (χ1) is 4.04. The van der Waals surface area contributed by atoms with Gasteiger partial charge in [0.05, 0.1) is 12.0 Å². The molecule has 0 fully saturated rings. The molecule has 0 saturated heterocycles. The quantitative estimate of drug-likeness (QED) is 0.578. The molecular weight excluding hydrogens is 120 g/mol. The van der Waals surface area contributed by atoms with E-state index in [2.05, 4.69) is 6.92 Å². The van der Waals surface area contributed by atoms with Crippen molar-refractivity contribution in [2.24, 2.45) is 5.92 Å². The highest BCUT2D eigenvalue weighted by molar-refractivity contribution is 5.70. The van der Waals surface area contributed by atoms with Crippen LogP contribution < -0.4 is 0 Å². The highest BCUT2D eigenvalue weighted by Gasteiger charge is 2.12. The molecular formula is C6H11O3. The van der Waals surface area contributed by atoms with Crippen LogP contribution >= 0.6 is 0 Å². The number of carbonyl (C=O) groups is 1. The lowest BCUT2D eigenvalue weighted by molar-refractivity contribution is -0.141. The lowest BCUT2D eigenvalue weighted by Crippen LogP contribution is -2.15. The van der Waals surface area contributed by atoms with Gasteiger partial charge in [-0.2, -0.15) is 0 Å². The fourth-order valence-corrected chi connectivity index (χ4v) is 0.513. The van der Waals surface area contributed by atoms with Crippen LogP contribution in [0.3, 0.4) is 0 Å². The van der Waals surface area contributed by atoms with Crippen molar-refractivity contribution in [1.82, 2.24) is 0 Å². The normalized spacial score (nSPS) is 16.8. The first-order valence-electron chi connectivity index (χ1n) is 2.78. The molecule has 9 heavy (non-hydrogen) atoms. The molecule has 0 heterocycles. The minimum absolute atomic E-state index is 0.218. The van der Waals surface area contributed by atoms with E-state index in [4.69, 9.17) is 10.2 Å². The first-order valence-corrected chi connectivity index (χ1v) is 2.78. The maximum absolute atomic E-state index is 10.1. The second-order valence-electron chi connectivity index (χ2n) is 2.12. The summed E-state index contributed by atoms with van der Waals surface area (Å²) < 4.78 is 0. The monoisotopic (exact) mass is 131 g/mol. The van der Waals surface area contributed by atoms with Crippen molar-refractivity contribution >= 4 is 5.97 Å². The second kappa shape index (κ2) is 3.45. The Labute approximate surface area is 54.3 Å². The summed E-state index contributed by atoms with van der Waals surface area (Å²) in [5, 5.41) is 16.9. The van der Waals surface area contributed by atoms with Gasteiger partial charge < -0.3 is 10.2 Å². The summed E-state index contributed by atoms with van der Waals surface area (Å²) in [5.74, 6) is -1.65. The van der Waals surface area contributed by atoms with Crippen LogP contribution in [0.2, 0.25) is 0 Å². The van der Waals surface area contributed by atoms with E-state index in [1.807, 2.05) is 0 Å². The minimum Gasteiger partial charge on any atom is -0.481 e. The molecule has 0 amide bonds. The van der Waals surface area contributed by atoms with Gasteiger partial charge in [-0.05, 0) is 20.3 Å². The fourth-order valence-electron chi connectivity index (χ4n) is 0.513. The summed E-state index contributed by atoms with van der Waals surface area (Å²) in [7, 11) is 0. The van der Waals surface area contributed by atoms with Crippen LogP contribution in [0.15, 0.2) is 0 Å². The fraction of sp³-hybridized carbons (Fsp3) is 0.667. The topological polar surface area (TPSA) is 57.5 Å². The Kier molecular flexibility index (Phi) is 3.24. The van der Waals surface area contributed by atoms with E-state index in [1.165, 1.54) is 0 Å². The van der Waals surface area contributed by atoms with Gasteiger partial charge in [-0.1, -0.05) is 0 Å². The molecule has 53 valence electrons. The summed E-state index contributed by atoms with van der Waals surface area (Å²) >= 11 is 0. The van der Waals surface area contributed by atoms with Gasteiger partial charge in [-0.15, -0.1) is 0 Å².